The molecule has 1 aliphatic heterocycles. The van der Waals surface area contributed by atoms with Crippen molar-refractivity contribution in [2.75, 3.05) is 11.9 Å². The van der Waals surface area contributed by atoms with Crippen molar-refractivity contribution in [3.8, 4) is 0 Å². The van der Waals surface area contributed by atoms with Crippen molar-refractivity contribution in [1.29, 1.82) is 0 Å². The van der Waals surface area contributed by atoms with E-state index < -0.39 is 47.5 Å². The number of ether oxygens (including phenoxy) is 3. The third kappa shape index (κ3) is 5.35. The van der Waals surface area contributed by atoms with Gasteiger partial charge in [0.05, 0.1) is 11.7 Å². The van der Waals surface area contributed by atoms with E-state index in [9.17, 15) is 24.0 Å². The van der Waals surface area contributed by atoms with Crippen molar-refractivity contribution in [3.63, 3.8) is 0 Å². The number of carbonyl (C=O) groups is 3. The highest BCUT2D eigenvalue weighted by molar-refractivity contribution is 5.89. The summed E-state index contributed by atoms with van der Waals surface area (Å²) in [6.45, 7) is 5.87. The third-order valence-corrected chi connectivity index (χ3v) is 5.54. The number of amides is 1. The summed E-state index contributed by atoms with van der Waals surface area (Å²) in [5, 5.41) is 2.38. The number of allylic oxidation sites excluding steroid dienone is 1. The molecule has 0 saturated carbocycles. The first-order chi connectivity index (χ1) is 17.7. The van der Waals surface area contributed by atoms with E-state index in [1.165, 1.54) is 19.9 Å². The number of rotatable bonds is 8. The molecule has 1 fully saturated rings. The van der Waals surface area contributed by atoms with Crippen LogP contribution >= 0.6 is 0 Å². The van der Waals surface area contributed by atoms with Gasteiger partial charge in [0, 0.05) is 26.8 Å². The molecule has 3 atom stereocenters. The molecule has 37 heavy (non-hydrogen) atoms. The molecule has 1 saturated heterocycles. The van der Waals surface area contributed by atoms with Crippen LogP contribution in [0, 0.1) is 0 Å². The molecule has 1 amide bonds. The maximum absolute atomic E-state index is 13.4. The number of aromatic nitrogens is 4. The molecule has 0 unspecified atom stereocenters. The summed E-state index contributed by atoms with van der Waals surface area (Å²) in [6.07, 6.45) is -1.34. The molecule has 13 heteroatoms. The first-order valence-corrected chi connectivity index (χ1v) is 11.4. The number of benzene rings is 1. The number of hydrogen-bond donors (Lipinski definition) is 2. The molecule has 0 bridgehead atoms. The van der Waals surface area contributed by atoms with Crippen LogP contribution in [-0.4, -0.2) is 55.8 Å². The van der Waals surface area contributed by atoms with Crippen LogP contribution in [-0.2, 0) is 30.3 Å². The Morgan fingerprint density at radius 1 is 1.24 bits per heavy atom. The van der Waals surface area contributed by atoms with Gasteiger partial charge in [-0.05, 0) is 12.1 Å². The van der Waals surface area contributed by atoms with E-state index in [0.717, 1.165) is 9.13 Å². The summed E-state index contributed by atoms with van der Waals surface area (Å²) in [5.74, 6) is -1.85. The van der Waals surface area contributed by atoms with Gasteiger partial charge in [0.1, 0.15) is 12.7 Å². The van der Waals surface area contributed by atoms with E-state index in [0.29, 0.717) is 5.56 Å². The standard InChI is InChI=1S/C24H25N5O8/c1-4-10-28-18-19(26-23(25-13(2)30)27-20(18)32)29(24(28)34)21-17(36-14(3)31)11-16(37-21)12-35-22(33)15-8-6-5-7-9-15/h4-9,16-17,21H,1,10-12H2,2-3H3,(H2,25,26,27,30,32)/t16-,17+,21+/m0/s1. The number of esters is 2. The summed E-state index contributed by atoms with van der Waals surface area (Å²) in [6, 6.07) is 8.37. The van der Waals surface area contributed by atoms with Crippen LogP contribution in [0.2, 0.25) is 0 Å². The normalized spacial score (nSPS) is 18.9. The highest BCUT2D eigenvalue weighted by Crippen LogP contribution is 2.32. The lowest BCUT2D eigenvalue weighted by atomic mass is 10.2. The van der Waals surface area contributed by atoms with Crippen LogP contribution < -0.4 is 16.6 Å². The molecule has 0 radical (unpaired) electrons. The maximum atomic E-state index is 13.4. The number of hydrogen-bond acceptors (Lipinski definition) is 9. The Labute approximate surface area is 209 Å². The monoisotopic (exact) mass is 511 g/mol. The van der Waals surface area contributed by atoms with Gasteiger partial charge in [-0.2, -0.15) is 4.98 Å². The van der Waals surface area contributed by atoms with E-state index in [1.54, 1.807) is 30.3 Å². The Kier molecular flexibility index (Phi) is 7.34. The number of nitrogens with one attached hydrogen (secondary N) is 2. The van der Waals surface area contributed by atoms with E-state index in [-0.39, 0.29) is 36.7 Å². The quantitative estimate of drug-likeness (QED) is 0.333. The van der Waals surface area contributed by atoms with E-state index in [1.807, 2.05) is 0 Å². The second kappa shape index (κ2) is 10.6. The molecular formula is C24H25N5O8. The largest absolute Gasteiger partial charge is 0.459 e. The van der Waals surface area contributed by atoms with Crippen molar-refractivity contribution in [2.24, 2.45) is 0 Å². The molecule has 1 aliphatic rings. The fourth-order valence-corrected chi connectivity index (χ4v) is 4.13. The summed E-state index contributed by atoms with van der Waals surface area (Å²) in [7, 11) is 0. The molecule has 3 aromatic rings. The average molecular weight is 511 g/mol. The molecule has 1 aromatic carbocycles. The molecule has 2 N–H and O–H groups in total. The lowest BCUT2D eigenvalue weighted by Crippen LogP contribution is -2.33. The lowest BCUT2D eigenvalue weighted by molar-refractivity contribution is -0.152. The average Bonchev–Trinajstić information content (AvgIpc) is 3.35. The molecule has 4 rings (SSSR count). The van der Waals surface area contributed by atoms with Gasteiger partial charge in [-0.25, -0.2) is 14.2 Å². The third-order valence-electron chi connectivity index (χ3n) is 5.54. The minimum absolute atomic E-state index is 0.0182. The molecule has 194 valence electrons. The Morgan fingerprint density at radius 3 is 2.62 bits per heavy atom. The van der Waals surface area contributed by atoms with Gasteiger partial charge < -0.3 is 14.2 Å². The first kappa shape index (κ1) is 25.6. The predicted molar refractivity (Wildman–Crippen MR) is 130 cm³/mol. The van der Waals surface area contributed by atoms with Gasteiger partial charge in [0.2, 0.25) is 11.9 Å². The highest BCUT2D eigenvalue weighted by Gasteiger charge is 2.42. The number of aromatic amines is 1. The number of anilines is 1. The van der Waals surface area contributed by atoms with Gasteiger partial charge in [-0.1, -0.05) is 24.3 Å². The second-order valence-corrected chi connectivity index (χ2v) is 8.32. The van der Waals surface area contributed by atoms with Gasteiger partial charge >= 0.3 is 17.6 Å². The summed E-state index contributed by atoms with van der Waals surface area (Å²) in [4.78, 5) is 68.7. The van der Waals surface area contributed by atoms with Gasteiger partial charge in [0.25, 0.3) is 5.56 Å². The van der Waals surface area contributed by atoms with Gasteiger partial charge in [-0.3, -0.25) is 29.3 Å². The Bertz CT molecular complexity index is 1470. The summed E-state index contributed by atoms with van der Waals surface area (Å²) < 4.78 is 19.0. The van der Waals surface area contributed by atoms with Gasteiger partial charge in [-0.15, -0.1) is 6.58 Å². The topological polar surface area (TPSA) is 164 Å². The van der Waals surface area contributed by atoms with Crippen molar-refractivity contribution < 1.29 is 28.6 Å². The highest BCUT2D eigenvalue weighted by atomic mass is 16.6. The number of H-pyrrole nitrogens is 1. The van der Waals surface area contributed by atoms with Crippen LogP contribution in [0.25, 0.3) is 11.2 Å². The zero-order valence-electron chi connectivity index (χ0n) is 20.1. The minimum atomic E-state index is -1.19. The number of imidazole rings is 1. The molecule has 0 aliphatic carbocycles. The summed E-state index contributed by atoms with van der Waals surface area (Å²) >= 11 is 0. The maximum Gasteiger partial charge on any atom is 0.338 e. The van der Waals surface area contributed by atoms with Crippen molar-refractivity contribution in [3.05, 3.63) is 69.4 Å². The lowest BCUT2D eigenvalue weighted by Gasteiger charge is -2.19. The van der Waals surface area contributed by atoms with Crippen molar-refractivity contribution in [2.45, 2.75) is 45.2 Å². The fourth-order valence-electron chi connectivity index (χ4n) is 4.13. The summed E-state index contributed by atoms with van der Waals surface area (Å²) in [5.41, 5.74) is -1.17. The minimum Gasteiger partial charge on any atom is -0.459 e. The van der Waals surface area contributed by atoms with Crippen LogP contribution in [0.15, 0.2) is 52.6 Å². The molecule has 2 aromatic heterocycles. The molecule has 3 heterocycles. The number of fused-ring (bicyclic) bond motifs is 1. The fraction of sp³-hybridized carbons (Fsp3) is 0.333. The molecule has 0 spiro atoms. The van der Waals surface area contributed by atoms with E-state index in [4.69, 9.17) is 14.2 Å². The van der Waals surface area contributed by atoms with Crippen LogP contribution in [0.4, 0.5) is 5.95 Å². The van der Waals surface area contributed by atoms with Crippen LogP contribution in [0.3, 0.4) is 0 Å². The Balaban J connectivity index is 1.72. The van der Waals surface area contributed by atoms with Crippen molar-refractivity contribution in [1.82, 2.24) is 19.1 Å². The Hall–Kier alpha value is -4.52. The molecule has 13 nitrogen and oxygen atoms in total. The Morgan fingerprint density at radius 2 is 1.97 bits per heavy atom. The zero-order chi connectivity index (χ0) is 26.7. The van der Waals surface area contributed by atoms with Gasteiger partial charge in [0.15, 0.2) is 17.4 Å². The predicted octanol–water partition coefficient (Wildman–Crippen LogP) is 1.11. The van der Waals surface area contributed by atoms with Crippen molar-refractivity contribution >= 4 is 35.0 Å². The number of nitrogens with zero attached hydrogens (tertiary/aromatic N) is 3. The smallest absolute Gasteiger partial charge is 0.338 e. The first-order valence-electron chi connectivity index (χ1n) is 11.4. The van der Waals surface area contributed by atoms with E-state index in [2.05, 4.69) is 21.9 Å². The van der Waals surface area contributed by atoms with E-state index >= 15 is 0 Å². The van der Waals surface area contributed by atoms with Crippen LogP contribution in [0.1, 0.15) is 36.9 Å². The SMILES string of the molecule is C=CCn1c(=O)n([C@@H]2O[C@H](COC(=O)c3ccccc3)C[C@H]2OC(C)=O)c2nc(NC(C)=O)[nH]c(=O)c21. The zero-order valence-corrected chi connectivity index (χ0v) is 20.1. The number of carbonyl (C=O) groups excluding carboxylic acids is 3. The second-order valence-electron chi connectivity index (χ2n) is 8.32. The van der Waals surface area contributed by atoms with Crippen LogP contribution in [0.5, 0.6) is 0 Å². The molecular weight excluding hydrogens is 486 g/mol.